The molecule has 1 aromatic carbocycles. The minimum absolute atomic E-state index is 0.122. The fourth-order valence-corrected chi connectivity index (χ4v) is 2.32. The van der Waals surface area contributed by atoms with E-state index in [2.05, 4.69) is 5.32 Å². The van der Waals surface area contributed by atoms with Crippen LogP contribution >= 0.6 is 0 Å². The van der Waals surface area contributed by atoms with Crippen LogP contribution in [-0.2, 0) is 6.54 Å². The summed E-state index contributed by atoms with van der Waals surface area (Å²) in [5, 5.41) is 2.83. The lowest BCUT2D eigenvalue weighted by atomic mass is 10.1. The van der Waals surface area contributed by atoms with Gasteiger partial charge < -0.3 is 16.0 Å². The second-order valence-electron chi connectivity index (χ2n) is 4.84. The number of anilines is 1. The van der Waals surface area contributed by atoms with Crippen LogP contribution in [0.4, 0.5) is 14.9 Å². The molecule has 4 nitrogen and oxygen atoms in total. The Labute approximate surface area is 112 Å². The van der Waals surface area contributed by atoms with Crippen molar-refractivity contribution in [2.75, 3.05) is 18.4 Å². The van der Waals surface area contributed by atoms with Crippen molar-refractivity contribution < 1.29 is 9.18 Å². The van der Waals surface area contributed by atoms with Crippen molar-refractivity contribution in [2.24, 2.45) is 5.73 Å². The van der Waals surface area contributed by atoms with Gasteiger partial charge in [0.1, 0.15) is 5.82 Å². The topological polar surface area (TPSA) is 58.4 Å². The number of amides is 2. The van der Waals surface area contributed by atoms with Crippen LogP contribution in [0.25, 0.3) is 0 Å². The standard InChI is InChI=1S/C14H20FN3O/c15-12-5-6-13(11(9-12)10-16)17-14(19)18-7-3-1-2-4-8-18/h5-6,9H,1-4,7-8,10,16H2,(H,17,19). The number of nitrogens with two attached hydrogens (primary N) is 1. The molecule has 3 N–H and O–H groups in total. The van der Waals surface area contributed by atoms with Crippen molar-refractivity contribution in [1.82, 2.24) is 4.90 Å². The van der Waals surface area contributed by atoms with Crippen molar-refractivity contribution >= 4 is 11.7 Å². The third-order valence-corrected chi connectivity index (χ3v) is 3.42. The Kier molecular flexibility index (Phi) is 4.74. The van der Waals surface area contributed by atoms with Gasteiger partial charge in [-0.15, -0.1) is 0 Å². The summed E-state index contributed by atoms with van der Waals surface area (Å²) in [6.07, 6.45) is 4.43. The Morgan fingerprint density at radius 3 is 2.58 bits per heavy atom. The Balaban J connectivity index is 2.05. The molecule has 1 aliphatic heterocycles. The van der Waals surface area contributed by atoms with E-state index in [4.69, 9.17) is 5.73 Å². The zero-order valence-corrected chi connectivity index (χ0v) is 11.0. The maximum absolute atomic E-state index is 13.1. The molecular formula is C14H20FN3O. The summed E-state index contributed by atoms with van der Waals surface area (Å²) in [5.74, 6) is -0.340. The molecule has 2 amide bonds. The molecular weight excluding hydrogens is 245 g/mol. The lowest BCUT2D eigenvalue weighted by Gasteiger charge is -2.21. The van der Waals surface area contributed by atoms with Crippen LogP contribution in [0.1, 0.15) is 31.2 Å². The molecule has 0 aromatic heterocycles. The second kappa shape index (κ2) is 6.52. The molecule has 1 aromatic rings. The number of rotatable bonds is 2. The average Bonchev–Trinajstić information content (AvgIpc) is 2.69. The highest BCUT2D eigenvalue weighted by atomic mass is 19.1. The van der Waals surface area contributed by atoms with Gasteiger partial charge in [0.15, 0.2) is 0 Å². The molecule has 0 radical (unpaired) electrons. The average molecular weight is 265 g/mol. The number of carbonyl (C=O) groups is 1. The normalized spacial score (nSPS) is 16.0. The molecule has 0 spiro atoms. The van der Waals surface area contributed by atoms with Gasteiger partial charge in [0.25, 0.3) is 0 Å². The summed E-state index contributed by atoms with van der Waals surface area (Å²) in [5.41, 5.74) is 6.78. The van der Waals surface area contributed by atoms with Crippen LogP contribution < -0.4 is 11.1 Å². The largest absolute Gasteiger partial charge is 0.326 e. The number of halogens is 1. The Morgan fingerprint density at radius 2 is 1.95 bits per heavy atom. The molecule has 19 heavy (non-hydrogen) atoms. The summed E-state index contributed by atoms with van der Waals surface area (Å²) >= 11 is 0. The number of nitrogens with one attached hydrogen (secondary N) is 1. The van der Waals surface area contributed by atoms with E-state index in [0.717, 1.165) is 25.9 Å². The van der Waals surface area contributed by atoms with Crippen LogP contribution in [0.5, 0.6) is 0 Å². The van der Waals surface area contributed by atoms with Gasteiger partial charge in [-0.2, -0.15) is 0 Å². The maximum Gasteiger partial charge on any atom is 0.321 e. The molecule has 5 heteroatoms. The number of hydrogen-bond acceptors (Lipinski definition) is 2. The Morgan fingerprint density at radius 1 is 1.26 bits per heavy atom. The van der Waals surface area contributed by atoms with E-state index in [0.29, 0.717) is 11.3 Å². The van der Waals surface area contributed by atoms with Gasteiger partial charge in [-0.25, -0.2) is 9.18 Å². The molecule has 1 aliphatic rings. The highest BCUT2D eigenvalue weighted by Gasteiger charge is 2.16. The van der Waals surface area contributed by atoms with Gasteiger partial charge in [-0.05, 0) is 36.6 Å². The Bertz CT molecular complexity index is 442. The van der Waals surface area contributed by atoms with E-state index in [1.165, 1.54) is 25.0 Å². The summed E-state index contributed by atoms with van der Waals surface area (Å²) in [7, 11) is 0. The first kappa shape index (κ1) is 13.8. The van der Waals surface area contributed by atoms with E-state index in [-0.39, 0.29) is 18.4 Å². The zero-order valence-electron chi connectivity index (χ0n) is 11.0. The van der Waals surface area contributed by atoms with E-state index >= 15 is 0 Å². The molecule has 1 heterocycles. The fourth-order valence-electron chi connectivity index (χ4n) is 2.32. The predicted octanol–water partition coefficient (Wildman–Crippen LogP) is 2.69. The maximum atomic E-state index is 13.1. The van der Waals surface area contributed by atoms with E-state index in [1.54, 1.807) is 6.07 Å². The van der Waals surface area contributed by atoms with Gasteiger partial charge in [-0.3, -0.25) is 0 Å². The van der Waals surface area contributed by atoms with E-state index in [1.807, 2.05) is 4.90 Å². The summed E-state index contributed by atoms with van der Waals surface area (Å²) in [6, 6.07) is 4.13. The minimum atomic E-state index is -0.340. The molecule has 1 saturated heterocycles. The van der Waals surface area contributed by atoms with Crippen molar-refractivity contribution in [3.05, 3.63) is 29.6 Å². The first-order valence-corrected chi connectivity index (χ1v) is 6.75. The van der Waals surface area contributed by atoms with Gasteiger partial charge in [0, 0.05) is 25.3 Å². The van der Waals surface area contributed by atoms with E-state index in [9.17, 15) is 9.18 Å². The monoisotopic (exact) mass is 265 g/mol. The quantitative estimate of drug-likeness (QED) is 0.863. The molecule has 0 saturated carbocycles. The lowest BCUT2D eigenvalue weighted by Crippen LogP contribution is -2.35. The highest BCUT2D eigenvalue weighted by Crippen LogP contribution is 2.18. The molecule has 0 bridgehead atoms. The predicted molar refractivity (Wildman–Crippen MR) is 73.4 cm³/mol. The molecule has 0 aliphatic carbocycles. The van der Waals surface area contributed by atoms with Gasteiger partial charge in [0.2, 0.25) is 0 Å². The van der Waals surface area contributed by atoms with Crippen LogP contribution in [0.3, 0.4) is 0 Å². The first-order chi connectivity index (χ1) is 9.20. The first-order valence-electron chi connectivity index (χ1n) is 6.75. The van der Waals surface area contributed by atoms with Gasteiger partial charge in [-0.1, -0.05) is 12.8 Å². The lowest BCUT2D eigenvalue weighted by molar-refractivity contribution is 0.213. The van der Waals surface area contributed by atoms with Crippen molar-refractivity contribution in [3.63, 3.8) is 0 Å². The van der Waals surface area contributed by atoms with Crippen molar-refractivity contribution in [2.45, 2.75) is 32.2 Å². The molecule has 2 rings (SSSR count). The summed E-state index contributed by atoms with van der Waals surface area (Å²) in [6.45, 7) is 1.77. The van der Waals surface area contributed by atoms with Gasteiger partial charge >= 0.3 is 6.03 Å². The van der Waals surface area contributed by atoms with Crippen LogP contribution in [0.2, 0.25) is 0 Å². The van der Waals surface area contributed by atoms with Crippen LogP contribution in [0, 0.1) is 5.82 Å². The highest BCUT2D eigenvalue weighted by molar-refractivity contribution is 5.90. The van der Waals surface area contributed by atoms with Gasteiger partial charge in [0.05, 0.1) is 0 Å². The Hall–Kier alpha value is -1.62. The van der Waals surface area contributed by atoms with Crippen LogP contribution in [0.15, 0.2) is 18.2 Å². The number of benzene rings is 1. The molecule has 0 unspecified atom stereocenters. The number of carbonyl (C=O) groups excluding carboxylic acids is 1. The third kappa shape index (κ3) is 3.67. The van der Waals surface area contributed by atoms with Crippen molar-refractivity contribution in [1.29, 1.82) is 0 Å². The number of urea groups is 1. The second-order valence-corrected chi connectivity index (χ2v) is 4.84. The zero-order chi connectivity index (χ0) is 13.7. The number of hydrogen-bond donors (Lipinski definition) is 2. The van der Waals surface area contributed by atoms with Crippen LogP contribution in [-0.4, -0.2) is 24.0 Å². The number of nitrogens with zero attached hydrogens (tertiary/aromatic N) is 1. The smallest absolute Gasteiger partial charge is 0.321 e. The minimum Gasteiger partial charge on any atom is -0.326 e. The molecule has 104 valence electrons. The molecule has 0 atom stereocenters. The summed E-state index contributed by atoms with van der Waals surface area (Å²) < 4.78 is 13.1. The number of likely N-dealkylation sites (tertiary alicyclic amines) is 1. The van der Waals surface area contributed by atoms with E-state index < -0.39 is 0 Å². The summed E-state index contributed by atoms with van der Waals surface area (Å²) in [4.78, 5) is 14.0. The SMILES string of the molecule is NCc1cc(F)ccc1NC(=O)N1CCCCCC1. The third-order valence-electron chi connectivity index (χ3n) is 3.42. The fraction of sp³-hybridized carbons (Fsp3) is 0.500. The van der Waals surface area contributed by atoms with Crippen molar-refractivity contribution in [3.8, 4) is 0 Å². The molecule has 1 fully saturated rings.